The summed E-state index contributed by atoms with van der Waals surface area (Å²) in [6, 6.07) is 20.7. The number of nitrogen functional groups attached to an aromatic ring is 1. The maximum atomic E-state index is 13.4. The van der Waals surface area contributed by atoms with Gasteiger partial charge in [0.15, 0.2) is 0 Å². The van der Waals surface area contributed by atoms with Crippen molar-refractivity contribution in [3.63, 3.8) is 0 Å². The SMILES string of the molecule is CC(C)CN([C@@H](CCCCNC(=O)OCC1c2ccccc2-c2ccccc21)C(=O)O)S(=O)(=O)c1ccc(N)cc1. The van der Waals surface area contributed by atoms with Gasteiger partial charge in [0.25, 0.3) is 0 Å². The molecule has 10 heteroatoms. The fourth-order valence-electron chi connectivity index (χ4n) is 5.22. The first-order valence-corrected chi connectivity index (χ1v) is 15.2. The number of aliphatic carboxylic acids is 1. The quantitative estimate of drug-likeness (QED) is 0.190. The van der Waals surface area contributed by atoms with Crippen LogP contribution in [0.1, 0.15) is 50.2 Å². The third kappa shape index (κ3) is 7.07. The Hall–Kier alpha value is -3.89. The molecule has 41 heavy (non-hydrogen) atoms. The van der Waals surface area contributed by atoms with Gasteiger partial charge in [-0.05, 0) is 71.7 Å². The average molecular weight is 580 g/mol. The van der Waals surface area contributed by atoms with Gasteiger partial charge in [-0.1, -0.05) is 62.4 Å². The zero-order valence-electron chi connectivity index (χ0n) is 23.3. The molecule has 0 aromatic heterocycles. The smallest absolute Gasteiger partial charge is 0.407 e. The van der Waals surface area contributed by atoms with Crippen LogP contribution in [0.2, 0.25) is 0 Å². The average Bonchev–Trinajstić information content (AvgIpc) is 3.26. The molecule has 0 radical (unpaired) electrons. The van der Waals surface area contributed by atoms with Gasteiger partial charge in [0.05, 0.1) is 4.90 Å². The first kappa shape index (κ1) is 30.1. The van der Waals surface area contributed by atoms with Crippen molar-refractivity contribution in [1.82, 2.24) is 9.62 Å². The highest BCUT2D eigenvalue weighted by Crippen LogP contribution is 2.44. The number of anilines is 1. The number of carbonyl (C=O) groups is 2. The van der Waals surface area contributed by atoms with Crippen molar-refractivity contribution >= 4 is 27.8 Å². The molecule has 0 spiro atoms. The number of nitrogens with two attached hydrogens (primary N) is 1. The number of sulfonamides is 1. The largest absolute Gasteiger partial charge is 0.480 e. The highest BCUT2D eigenvalue weighted by molar-refractivity contribution is 7.89. The molecule has 0 bridgehead atoms. The van der Waals surface area contributed by atoms with E-state index >= 15 is 0 Å². The van der Waals surface area contributed by atoms with Crippen LogP contribution in [0.25, 0.3) is 11.1 Å². The Kier molecular flexibility index (Phi) is 9.67. The highest BCUT2D eigenvalue weighted by atomic mass is 32.2. The van der Waals surface area contributed by atoms with E-state index in [0.717, 1.165) is 26.6 Å². The molecule has 1 aliphatic carbocycles. The molecular formula is C31H37N3O6S. The number of alkyl carbamates (subject to hydrolysis) is 1. The van der Waals surface area contributed by atoms with E-state index in [-0.39, 0.29) is 42.8 Å². The number of amides is 1. The molecule has 0 unspecified atom stereocenters. The molecule has 0 heterocycles. The zero-order valence-corrected chi connectivity index (χ0v) is 24.1. The number of rotatable bonds is 13. The predicted molar refractivity (Wildman–Crippen MR) is 158 cm³/mol. The molecule has 1 aliphatic rings. The molecule has 9 nitrogen and oxygen atoms in total. The number of fused-ring (bicyclic) bond motifs is 3. The van der Waals surface area contributed by atoms with E-state index in [1.165, 1.54) is 24.3 Å². The summed E-state index contributed by atoms with van der Waals surface area (Å²) in [6.45, 7) is 4.21. The Balaban J connectivity index is 1.30. The molecule has 0 fully saturated rings. The number of unbranched alkanes of at least 4 members (excludes halogenated alkanes) is 1. The number of carboxylic acids is 1. The van der Waals surface area contributed by atoms with Gasteiger partial charge in [0, 0.05) is 24.7 Å². The summed E-state index contributed by atoms with van der Waals surface area (Å²) in [5.74, 6) is -1.34. The van der Waals surface area contributed by atoms with E-state index in [1.54, 1.807) is 0 Å². The monoisotopic (exact) mass is 579 g/mol. The molecule has 0 saturated carbocycles. The minimum atomic E-state index is -4.06. The predicted octanol–water partition coefficient (Wildman–Crippen LogP) is 5.08. The molecule has 1 amide bonds. The maximum Gasteiger partial charge on any atom is 0.407 e. The van der Waals surface area contributed by atoms with Crippen molar-refractivity contribution in [3.05, 3.63) is 83.9 Å². The van der Waals surface area contributed by atoms with Crippen molar-refractivity contribution in [2.45, 2.75) is 50.0 Å². The standard InChI is InChI=1S/C31H37N3O6S/c1-21(2)19-34(41(38,39)23-16-14-22(32)15-17-23)29(30(35)36)13-7-8-18-33-31(37)40-20-28-26-11-5-3-9-24(26)25-10-4-6-12-27(25)28/h3-6,9-12,14-17,21,28-29H,7-8,13,18-20,32H2,1-2H3,(H,33,37)(H,35,36)/t29-/m0/s1. The molecule has 218 valence electrons. The Morgan fingerprint density at radius 1 is 0.951 bits per heavy atom. The van der Waals surface area contributed by atoms with Crippen molar-refractivity contribution in [3.8, 4) is 11.1 Å². The number of nitrogens with one attached hydrogen (secondary N) is 1. The van der Waals surface area contributed by atoms with Crippen LogP contribution >= 0.6 is 0 Å². The van der Waals surface area contributed by atoms with Crippen LogP contribution in [0.5, 0.6) is 0 Å². The van der Waals surface area contributed by atoms with Crippen LogP contribution in [0.15, 0.2) is 77.7 Å². The van der Waals surface area contributed by atoms with Crippen LogP contribution in [-0.4, -0.2) is 55.6 Å². The number of hydrogen-bond acceptors (Lipinski definition) is 6. The van der Waals surface area contributed by atoms with E-state index in [2.05, 4.69) is 29.6 Å². The normalized spacial score (nSPS) is 13.6. The third-order valence-electron chi connectivity index (χ3n) is 7.18. The Bertz CT molecular complexity index is 1430. The lowest BCUT2D eigenvalue weighted by Gasteiger charge is -2.29. The van der Waals surface area contributed by atoms with Gasteiger partial charge >= 0.3 is 12.1 Å². The Morgan fingerprint density at radius 3 is 2.10 bits per heavy atom. The van der Waals surface area contributed by atoms with Crippen LogP contribution < -0.4 is 11.1 Å². The lowest BCUT2D eigenvalue weighted by Crippen LogP contribution is -2.46. The van der Waals surface area contributed by atoms with E-state index < -0.39 is 28.1 Å². The third-order valence-corrected chi connectivity index (χ3v) is 9.07. The topological polar surface area (TPSA) is 139 Å². The molecule has 1 atom stereocenters. The lowest BCUT2D eigenvalue weighted by molar-refractivity contribution is -0.141. The van der Waals surface area contributed by atoms with Crippen molar-refractivity contribution in [2.75, 3.05) is 25.4 Å². The molecule has 4 N–H and O–H groups in total. The first-order valence-electron chi connectivity index (χ1n) is 13.8. The molecule has 3 aromatic rings. The van der Waals surface area contributed by atoms with Gasteiger partial charge < -0.3 is 20.9 Å². The summed E-state index contributed by atoms with van der Waals surface area (Å²) < 4.78 is 33.4. The maximum absolute atomic E-state index is 13.4. The number of nitrogens with zero attached hydrogens (tertiary/aromatic N) is 1. The van der Waals surface area contributed by atoms with Gasteiger partial charge in [0.1, 0.15) is 12.6 Å². The van der Waals surface area contributed by atoms with E-state index in [9.17, 15) is 23.1 Å². The summed E-state index contributed by atoms with van der Waals surface area (Å²) in [7, 11) is -4.06. The second-order valence-corrected chi connectivity index (χ2v) is 12.5. The summed E-state index contributed by atoms with van der Waals surface area (Å²) in [6.07, 6.45) is 0.412. The molecule has 0 aliphatic heterocycles. The Morgan fingerprint density at radius 2 is 1.54 bits per heavy atom. The Labute approximate surface area is 241 Å². The second kappa shape index (κ2) is 13.2. The van der Waals surface area contributed by atoms with Gasteiger partial charge in [-0.25, -0.2) is 13.2 Å². The second-order valence-electron chi connectivity index (χ2n) is 10.6. The fourth-order valence-corrected chi connectivity index (χ4v) is 7.00. The van der Waals surface area contributed by atoms with E-state index in [1.807, 2.05) is 38.1 Å². The van der Waals surface area contributed by atoms with Crippen LogP contribution in [0.4, 0.5) is 10.5 Å². The van der Waals surface area contributed by atoms with Gasteiger partial charge in [-0.15, -0.1) is 0 Å². The van der Waals surface area contributed by atoms with Crippen LogP contribution in [-0.2, 0) is 19.6 Å². The van der Waals surface area contributed by atoms with E-state index in [0.29, 0.717) is 18.5 Å². The highest BCUT2D eigenvalue weighted by Gasteiger charge is 2.36. The summed E-state index contributed by atoms with van der Waals surface area (Å²) >= 11 is 0. The van der Waals surface area contributed by atoms with Gasteiger partial charge in [0.2, 0.25) is 10.0 Å². The summed E-state index contributed by atoms with van der Waals surface area (Å²) in [5, 5.41) is 12.7. The van der Waals surface area contributed by atoms with Crippen molar-refractivity contribution in [1.29, 1.82) is 0 Å². The first-order chi connectivity index (χ1) is 19.6. The number of carbonyl (C=O) groups excluding carboxylic acids is 1. The van der Waals surface area contributed by atoms with Crippen LogP contribution in [0, 0.1) is 5.92 Å². The summed E-state index contributed by atoms with van der Waals surface area (Å²) in [5.41, 5.74) is 10.7. The van der Waals surface area contributed by atoms with Crippen LogP contribution in [0.3, 0.4) is 0 Å². The van der Waals surface area contributed by atoms with Gasteiger partial charge in [-0.3, -0.25) is 4.79 Å². The minimum Gasteiger partial charge on any atom is -0.480 e. The molecule has 3 aromatic carbocycles. The summed E-state index contributed by atoms with van der Waals surface area (Å²) in [4.78, 5) is 24.6. The van der Waals surface area contributed by atoms with E-state index in [4.69, 9.17) is 10.5 Å². The fraction of sp³-hybridized carbons (Fsp3) is 0.355. The molecule has 0 saturated heterocycles. The minimum absolute atomic E-state index is 0.00415. The molecular weight excluding hydrogens is 542 g/mol. The molecule has 4 rings (SSSR count). The zero-order chi connectivity index (χ0) is 29.6. The van der Waals surface area contributed by atoms with Crippen molar-refractivity contribution in [2.24, 2.45) is 5.92 Å². The number of hydrogen-bond donors (Lipinski definition) is 3. The van der Waals surface area contributed by atoms with Crippen molar-refractivity contribution < 1.29 is 27.9 Å². The lowest BCUT2D eigenvalue weighted by atomic mass is 9.98. The number of ether oxygens (including phenoxy) is 1. The number of benzene rings is 3. The van der Waals surface area contributed by atoms with Gasteiger partial charge in [-0.2, -0.15) is 4.31 Å². The number of carboxylic acid groups (broad SMARTS) is 1.